The molecule has 0 fully saturated rings. The Kier molecular flexibility index (Phi) is 5.52. The minimum atomic E-state index is -3.28. The van der Waals surface area contributed by atoms with Crippen LogP contribution in [-0.2, 0) is 16.6 Å². The van der Waals surface area contributed by atoms with Gasteiger partial charge in [0.15, 0.2) is 0 Å². The number of hydrogen-bond donors (Lipinski definition) is 0. The van der Waals surface area contributed by atoms with Crippen molar-refractivity contribution in [2.75, 3.05) is 12.3 Å². The molecule has 20 heavy (non-hydrogen) atoms. The maximum Gasteiger partial charge on any atom is 0.244 e. The molecule has 0 N–H and O–H groups in total. The monoisotopic (exact) mass is 313 g/mol. The zero-order valence-electron chi connectivity index (χ0n) is 12.3. The van der Waals surface area contributed by atoms with E-state index in [1.54, 1.807) is 16.1 Å². The Morgan fingerprint density at radius 3 is 2.70 bits per heavy atom. The molecular formula is C15H23NO2S2. The molecule has 1 aromatic rings. The molecule has 112 valence electrons. The van der Waals surface area contributed by atoms with Gasteiger partial charge in [-0.15, -0.1) is 11.8 Å². The number of thioether (sulfide) groups is 1. The van der Waals surface area contributed by atoms with E-state index in [0.29, 0.717) is 18.0 Å². The van der Waals surface area contributed by atoms with Crippen molar-refractivity contribution in [1.82, 2.24) is 4.31 Å². The fourth-order valence-corrected chi connectivity index (χ4v) is 5.52. The van der Waals surface area contributed by atoms with Gasteiger partial charge in [0.1, 0.15) is 4.90 Å². The fraction of sp³-hybridized carbons (Fsp3) is 0.600. The third kappa shape index (κ3) is 3.21. The summed E-state index contributed by atoms with van der Waals surface area (Å²) in [5.41, 5.74) is 0.961. The van der Waals surface area contributed by atoms with Crippen LogP contribution in [0.2, 0.25) is 0 Å². The average Bonchev–Trinajstić information content (AvgIpc) is 2.69. The lowest BCUT2D eigenvalue weighted by atomic mass is 10.2. The number of fused-ring (bicyclic) bond motifs is 1. The van der Waals surface area contributed by atoms with Gasteiger partial charge >= 0.3 is 0 Å². The molecule has 0 spiro atoms. The van der Waals surface area contributed by atoms with E-state index in [0.717, 1.165) is 41.9 Å². The highest BCUT2D eigenvalue weighted by atomic mass is 32.2. The van der Waals surface area contributed by atoms with E-state index in [1.807, 2.05) is 18.2 Å². The van der Waals surface area contributed by atoms with E-state index < -0.39 is 10.0 Å². The van der Waals surface area contributed by atoms with Crippen LogP contribution >= 0.6 is 11.8 Å². The second kappa shape index (κ2) is 6.96. The smallest absolute Gasteiger partial charge is 0.207 e. The van der Waals surface area contributed by atoms with E-state index >= 15 is 0 Å². The van der Waals surface area contributed by atoms with Crippen molar-refractivity contribution in [2.24, 2.45) is 0 Å². The van der Waals surface area contributed by atoms with Gasteiger partial charge in [0.2, 0.25) is 10.0 Å². The highest BCUT2D eigenvalue weighted by Crippen LogP contribution is 2.37. The highest BCUT2D eigenvalue weighted by molar-refractivity contribution is 8.00. The second-order valence-electron chi connectivity index (χ2n) is 5.14. The molecule has 1 aromatic carbocycles. The molecule has 0 saturated heterocycles. The van der Waals surface area contributed by atoms with Crippen LogP contribution in [0.25, 0.3) is 0 Å². The van der Waals surface area contributed by atoms with Crippen LogP contribution in [-0.4, -0.2) is 25.0 Å². The normalized spacial score (nSPS) is 17.3. The van der Waals surface area contributed by atoms with E-state index in [2.05, 4.69) is 13.8 Å². The lowest BCUT2D eigenvalue weighted by Crippen LogP contribution is -2.25. The molecule has 1 heterocycles. The predicted molar refractivity (Wildman–Crippen MR) is 84.6 cm³/mol. The van der Waals surface area contributed by atoms with E-state index in [4.69, 9.17) is 0 Å². The quantitative estimate of drug-likeness (QED) is 0.566. The lowest BCUT2D eigenvalue weighted by molar-refractivity contribution is 0.411. The Hall–Kier alpha value is -0.520. The molecule has 0 aromatic heterocycles. The number of nitrogens with zero attached hydrogens (tertiary/aromatic N) is 1. The van der Waals surface area contributed by atoms with Gasteiger partial charge in [-0.1, -0.05) is 38.8 Å². The van der Waals surface area contributed by atoms with Gasteiger partial charge in [-0.25, -0.2) is 8.42 Å². The summed E-state index contributed by atoms with van der Waals surface area (Å²) in [5.74, 6) is 0.960. The van der Waals surface area contributed by atoms with Crippen LogP contribution in [0.3, 0.4) is 0 Å². The molecule has 1 aliphatic rings. The van der Waals surface area contributed by atoms with Crippen molar-refractivity contribution in [3.8, 4) is 0 Å². The number of unbranched alkanes of at least 4 members (excludes halogenated alkanes) is 2. The van der Waals surface area contributed by atoms with Crippen LogP contribution < -0.4 is 0 Å². The Labute approximate surface area is 126 Å². The summed E-state index contributed by atoms with van der Waals surface area (Å²) in [6.07, 6.45) is 4.19. The fourth-order valence-electron chi connectivity index (χ4n) is 2.45. The summed E-state index contributed by atoms with van der Waals surface area (Å²) >= 11 is 1.65. The van der Waals surface area contributed by atoms with Crippen LogP contribution in [0.5, 0.6) is 0 Å². The summed E-state index contributed by atoms with van der Waals surface area (Å²) in [7, 11) is -3.28. The number of rotatable bonds is 7. The minimum absolute atomic E-state index is 0.544. The van der Waals surface area contributed by atoms with Gasteiger partial charge in [-0.3, -0.25) is 0 Å². The Morgan fingerprint density at radius 2 is 2.00 bits per heavy atom. The van der Waals surface area contributed by atoms with Crippen LogP contribution in [0.1, 0.15) is 45.1 Å². The summed E-state index contributed by atoms with van der Waals surface area (Å²) in [6, 6.07) is 5.86. The highest BCUT2D eigenvalue weighted by Gasteiger charge is 2.36. The average molecular weight is 313 g/mol. The Morgan fingerprint density at radius 1 is 1.20 bits per heavy atom. The summed E-state index contributed by atoms with van der Waals surface area (Å²) in [5, 5.41) is 0. The van der Waals surface area contributed by atoms with Gasteiger partial charge in [-0.05, 0) is 30.2 Å². The summed E-state index contributed by atoms with van der Waals surface area (Å²) in [4.78, 5) is 1.48. The van der Waals surface area contributed by atoms with Crippen LogP contribution in [0.15, 0.2) is 28.0 Å². The SMILES string of the molecule is CCCCCN1Cc2cccc(SCCC)c2S1(=O)=O. The first-order chi connectivity index (χ1) is 9.61. The molecule has 1 aliphatic heterocycles. The van der Waals surface area contributed by atoms with Gasteiger partial charge < -0.3 is 0 Å². The Balaban J connectivity index is 2.23. The predicted octanol–water partition coefficient (Wildman–Crippen LogP) is 3.88. The second-order valence-corrected chi connectivity index (χ2v) is 8.15. The van der Waals surface area contributed by atoms with Crippen molar-refractivity contribution in [2.45, 2.75) is 55.9 Å². The van der Waals surface area contributed by atoms with E-state index in [1.165, 1.54) is 0 Å². The molecule has 0 bridgehead atoms. The van der Waals surface area contributed by atoms with Gasteiger partial charge in [0.25, 0.3) is 0 Å². The summed E-state index contributed by atoms with van der Waals surface area (Å²) < 4.78 is 27.0. The van der Waals surface area contributed by atoms with Crippen molar-refractivity contribution < 1.29 is 8.42 Å². The van der Waals surface area contributed by atoms with Gasteiger partial charge in [-0.2, -0.15) is 4.31 Å². The third-order valence-electron chi connectivity index (χ3n) is 3.48. The molecule has 0 unspecified atom stereocenters. The molecule has 0 amide bonds. The van der Waals surface area contributed by atoms with Gasteiger partial charge in [0, 0.05) is 18.0 Å². The van der Waals surface area contributed by atoms with Crippen molar-refractivity contribution in [3.63, 3.8) is 0 Å². The maximum atomic E-state index is 12.7. The third-order valence-corrected chi connectivity index (χ3v) is 6.86. The first-order valence-electron chi connectivity index (χ1n) is 7.36. The van der Waals surface area contributed by atoms with E-state index in [9.17, 15) is 8.42 Å². The van der Waals surface area contributed by atoms with Crippen LogP contribution in [0, 0.1) is 0 Å². The maximum absolute atomic E-state index is 12.7. The zero-order chi connectivity index (χ0) is 14.6. The van der Waals surface area contributed by atoms with Crippen molar-refractivity contribution in [3.05, 3.63) is 23.8 Å². The van der Waals surface area contributed by atoms with E-state index in [-0.39, 0.29) is 0 Å². The van der Waals surface area contributed by atoms with Crippen LogP contribution in [0.4, 0.5) is 0 Å². The first kappa shape index (κ1) is 15.9. The minimum Gasteiger partial charge on any atom is -0.207 e. The lowest BCUT2D eigenvalue weighted by Gasteiger charge is -2.14. The topological polar surface area (TPSA) is 37.4 Å². The molecule has 0 radical (unpaired) electrons. The number of hydrogen-bond acceptors (Lipinski definition) is 3. The Bertz CT molecular complexity index is 555. The molecule has 0 saturated carbocycles. The molecule has 0 atom stereocenters. The van der Waals surface area contributed by atoms with Crippen molar-refractivity contribution in [1.29, 1.82) is 0 Å². The molecule has 3 nitrogen and oxygen atoms in total. The largest absolute Gasteiger partial charge is 0.244 e. The number of benzene rings is 1. The van der Waals surface area contributed by atoms with Gasteiger partial charge in [0.05, 0.1) is 0 Å². The molecule has 2 rings (SSSR count). The first-order valence-corrected chi connectivity index (χ1v) is 9.78. The molecule has 0 aliphatic carbocycles. The molecule has 5 heteroatoms. The van der Waals surface area contributed by atoms with Crippen molar-refractivity contribution >= 4 is 21.8 Å². The standard InChI is InChI=1S/C15H23NO2S2/c1-3-5-6-10-16-12-13-8-7-9-14(19-11-4-2)15(13)20(16,17)18/h7-9H,3-6,10-12H2,1-2H3. The molecular weight excluding hydrogens is 290 g/mol. The summed E-state index contributed by atoms with van der Waals surface area (Å²) in [6.45, 7) is 5.43. The zero-order valence-corrected chi connectivity index (χ0v) is 13.9. The number of sulfonamides is 1.